The maximum atomic E-state index is 4.23. The van der Waals surface area contributed by atoms with E-state index in [9.17, 15) is 0 Å². The van der Waals surface area contributed by atoms with Crippen molar-refractivity contribution < 1.29 is 0 Å². The molecule has 3 rings (SSSR count). The molecule has 0 bridgehead atoms. The number of aromatic amines is 1. The van der Waals surface area contributed by atoms with E-state index in [0.717, 1.165) is 23.0 Å². The number of rotatable bonds is 1. The minimum atomic E-state index is 1.00. The first-order chi connectivity index (χ1) is 7.83. The molecule has 0 aliphatic heterocycles. The Hall–Kier alpha value is -1.35. The van der Waals surface area contributed by atoms with E-state index in [-0.39, 0.29) is 0 Å². The highest BCUT2D eigenvalue weighted by atomic mass is 79.9. The summed E-state index contributed by atoms with van der Waals surface area (Å²) in [7, 11) is 0. The van der Waals surface area contributed by atoms with Crippen LogP contribution in [0.25, 0.3) is 11.6 Å². The monoisotopic (exact) mass is 274 g/mol. The number of nitrogens with one attached hydrogen (secondary N) is 1. The summed E-state index contributed by atoms with van der Waals surface area (Å²) in [5, 5.41) is 0. The third-order valence-corrected chi connectivity index (χ3v) is 3.42. The number of fused-ring (bicyclic) bond motifs is 1. The molecule has 2 aromatic rings. The number of aromatic nitrogens is 2. The Kier molecular flexibility index (Phi) is 2.40. The molecule has 0 spiro atoms. The van der Waals surface area contributed by atoms with Gasteiger partial charge in [0.2, 0.25) is 0 Å². The van der Waals surface area contributed by atoms with Gasteiger partial charge in [-0.05, 0) is 47.8 Å². The summed E-state index contributed by atoms with van der Waals surface area (Å²) in [5.74, 6) is 0. The molecule has 1 aliphatic rings. The fourth-order valence-corrected chi connectivity index (χ4v) is 2.51. The number of nitrogens with zero attached hydrogens (tertiary/aromatic N) is 1. The lowest BCUT2D eigenvalue weighted by Gasteiger charge is -2.01. The minimum Gasteiger partial charge on any atom is -0.351 e. The average molecular weight is 275 g/mol. The van der Waals surface area contributed by atoms with Gasteiger partial charge in [0.25, 0.3) is 0 Å². The van der Waals surface area contributed by atoms with Crippen molar-refractivity contribution in [3.05, 3.63) is 52.0 Å². The summed E-state index contributed by atoms with van der Waals surface area (Å²) in [6.07, 6.45) is 8.04. The van der Waals surface area contributed by atoms with E-state index in [1.54, 1.807) is 6.33 Å². The summed E-state index contributed by atoms with van der Waals surface area (Å²) >= 11 is 3.52. The van der Waals surface area contributed by atoms with Crippen LogP contribution in [-0.2, 0) is 6.42 Å². The molecule has 1 N–H and O–H groups in total. The van der Waals surface area contributed by atoms with Crippen LogP contribution in [0.2, 0.25) is 0 Å². The predicted octanol–water partition coefficient (Wildman–Crippen LogP) is 3.66. The van der Waals surface area contributed by atoms with Crippen molar-refractivity contribution in [1.82, 2.24) is 9.97 Å². The lowest BCUT2D eigenvalue weighted by atomic mass is 10.1. The van der Waals surface area contributed by atoms with Crippen LogP contribution in [0, 0.1) is 0 Å². The summed E-state index contributed by atoms with van der Waals surface area (Å²) in [5.41, 5.74) is 5.17. The molecule has 0 saturated carbocycles. The highest BCUT2D eigenvalue weighted by Gasteiger charge is 2.16. The average Bonchev–Trinajstić information content (AvgIpc) is 2.90. The summed E-state index contributed by atoms with van der Waals surface area (Å²) in [4.78, 5) is 7.21. The second-order valence-electron chi connectivity index (χ2n) is 3.97. The molecule has 0 unspecified atom stereocenters. The fraction of sp³-hybridized carbons (Fsp3) is 0.154. The maximum absolute atomic E-state index is 4.23. The molecule has 2 nitrogen and oxygen atoms in total. The first-order valence-electron chi connectivity index (χ1n) is 5.31. The van der Waals surface area contributed by atoms with Gasteiger partial charge in [-0.3, -0.25) is 0 Å². The smallest absolute Gasteiger partial charge is 0.0927 e. The Balaban J connectivity index is 2.05. The van der Waals surface area contributed by atoms with Gasteiger partial charge in [-0.25, -0.2) is 4.98 Å². The van der Waals surface area contributed by atoms with Crippen LogP contribution in [0.4, 0.5) is 0 Å². The van der Waals surface area contributed by atoms with Crippen molar-refractivity contribution in [3.63, 3.8) is 0 Å². The van der Waals surface area contributed by atoms with Crippen molar-refractivity contribution >= 4 is 27.6 Å². The van der Waals surface area contributed by atoms with Crippen LogP contribution in [-0.4, -0.2) is 9.97 Å². The van der Waals surface area contributed by atoms with Gasteiger partial charge in [-0.1, -0.05) is 22.0 Å². The third-order valence-electron chi connectivity index (χ3n) is 2.92. The molecule has 80 valence electrons. The number of hydrogen-bond acceptors (Lipinski definition) is 1. The fourth-order valence-electron chi connectivity index (χ4n) is 2.15. The largest absolute Gasteiger partial charge is 0.351 e. The number of H-pyrrole nitrogens is 1. The topological polar surface area (TPSA) is 28.7 Å². The van der Waals surface area contributed by atoms with Gasteiger partial charge in [0.1, 0.15) is 0 Å². The SMILES string of the molecule is Brc1ccc2c(c1)/C(=C\c1c[nH]cn1)CC2. The normalized spacial score (nSPS) is 16.7. The van der Waals surface area contributed by atoms with Crippen molar-refractivity contribution in [3.8, 4) is 0 Å². The third kappa shape index (κ3) is 1.71. The predicted molar refractivity (Wildman–Crippen MR) is 68.9 cm³/mol. The zero-order chi connectivity index (χ0) is 11.0. The van der Waals surface area contributed by atoms with E-state index in [1.807, 2.05) is 6.20 Å². The maximum Gasteiger partial charge on any atom is 0.0927 e. The van der Waals surface area contributed by atoms with E-state index in [1.165, 1.54) is 16.7 Å². The Bertz CT molecular complexity index is 541. The molecular weight excluding hydrogens is 264 g/mol. The molecule has 1 heterocycles. The molecule has 0 saturated heterocycles. The van der Waals surface area contributed by atoms with E-state index in [2.05, 4.69) is 50.2 Å². The number of benzene rings is 1. The first-order valence-corrected chi connectivity index (χ1v) is 6.10. The molecule has 0 atom stereocenters. The van der Waals surface area contributed by atoms with E-state index >= 15 is 0 Å². The van der Waals surface area contributed by atoms with E-state index < -0.39 is 0 Å². The Morgan fingerprint density at radius 1 is 1.31 bits per heavy atom. The Morgan fingerprint density at radius 3 is 3.06 bits per heavy atom. The quantitative estimate of drug-likeness (QED) is 0.845. The van der Waals surface area contributed by atoms with Gasteiger partial charge < -0.3 is 4.98 Å². The molecule has 1 aromatic carbocycles. The Labute approximate surface area is 103 Å². The van der Waals surface area contributed by atoms with Gasteiger partial charge in [-0.15, -0.1) is 0 Å². The zero-order valence-corrected chi connectivity index (χ0v) is 10.3. The first kappa shape index (κ1) is 9.85. The molecule has 16 heavy (non-hydrogen) atoms. The van der Waals surface area contributed by atoms with E-state index in [0.29, 0.717) is 0 Å². The number of halogens is 1. The van der Waals surface area contributed by atoms with Crippen molar-refractivity contribution in [2.75, 3.05) is 0 Å². The number of hydrogen-bond donors (Lipinski definition) is 1. The van der Waals surface area contributed by atoms with Crippen molar-refractivity contribution in [1.29, 1.82) is 0 Å². The van der Waals surface area contributed by atoms with Gasteiger partial charge in [0.05, 0.1) is 12.0 Å². The van der Waals surface area contributed by atoms with Gasteiger partial charge in [-0.2, -0.15) is 0 Å². The molecule has 1 aliphatic carbocycles. The highest BCUT2D eigenvalue weighted by Crippen LogP contribution is 2.34. The van der Waals surface area contributed by atoms with Crippen molar-refractivity contribution in [2.45, 2.75) is 12.8 Å². The van der Waals surface area contributed by atoms with Crippen LogP contribution in [0.1, 0.15) is 23.2 Å². The van der Waals surface area contributed by atoms with Crippen LogP contribution < -0.4 is 0 Å². The highest BCUT2D eigenvalue weighted by molar-refractivity contribution is 9.10. The zero-order valence-electron chi connectivity index (χ0n) is 8.70. The number of aryl methyl sites for hydroxylation is 1. The molecule has 0 fully saturated rings. The molecular formula is C13H11BrN2. The Morgan fingerprint density at radius 2 is 2.25 bits per heavy atom. The van der Waals surface area contributed by atoms with E-state index in [4.69, 9.17) is 0 Å². The lowest BCUT2D eigenvalue weighted by Crippen LogP contribution is -1.81. The standard InChI is InChI=1S/C13H11BrN2/c14-11-4-3-9-1-2-10(13(9)6-11)5-12-7-15-8-16-12/h3-8H,1-2H2,(H,15,16)/b10-5-. The van der Waals surface area contributed by atoms with Gasteiger partial charge in [0.15, 0.2) is 0 Å². The number of imidazole rings is 1. The van der Waals surface area contributed by atoms with Crippen LogP contribution in [0.3, 0.4) is 0 Å². The summed E-state index contributed by atoms with van der Waals surface area (Å²) < 4.78 is 1.14. The summed E-state index contributed by atoms with van der Waals surface area (Å²) in [6, 6.07) is 6.50. The van der Waals surface area contributed by atoms with Crippen LogP contribution in [0.15, 0.2) is 35.2 Å². The van der Waals surface area contributed by atoms with Gasteiger partial charge >= 0.3 is 0 Å². The van der Waals surface area contributed by atoms with Gasteiger partial charge in [0, 0.05) is 10.7 Å². The van der Waals surface area contributed by atoms with Crippen LogP contribution in [0.5, 0.6) is 0 Å². The van der Waals surface area contributed by atoms with Crippen molar-refractivity contribution in [2.24, 2.45) is 0 Å². The summed E-state index contributed by atoms with van der Waals surface area (Å²) in [6.45, 7) is 0. The number of allylic oxidation sites excluding steroid dienone is 1. The second kappa shape index (κ2) is 3.91. The molecule has 0 radical (unpaired) electrons. The molecule has 0 amide bonds. The molecule has 3 heteroatoms. The molecule has 1 aromatic heterocycles. The minimum absolute atomic E-state index is 1.00. The lowest BCUT2D eigenvalue weighted by molar-refractivity contribution is 1.08. The second-order valence-corrected chi connectivity index (χ2v) is 4.88. The van der Waals surface area contributed by atoms with Crippen LogP contribution >= 0.6 is 15.9 Å².